The van der Waals surface area contributed by atoms with Gasteiger partial charge in [0.25, 0.3) is 17.4 Å². The third kappa shape index (κ3) is 4.27. The third-order valence-corrected chi connectivity index (χ3v) is 2.89. The Labute approximate surface area is 126 Å². The van der Waals surface area contributed by atoms with E-state index in [0.29, 0.717) is 12.1 Å². The second-order valence-corrected chi connectivity index (χ2v) is 4.69. The Hall–Kier alpha value is -2.96. The first kappa shape index (κ1) is 15.4. The van der Waals surface area contributed by atoms with E-state index in [0.717, 1.165) is 5.56 Å². The first-order valence-corrected chi connectivity index (χ1v) is 6.75. The molecular weight excluding hydrogens is 284 g/mol. The summed E-state index contributed by atoms with van der Waals surface area (Å²) < 4.78 is 0. The van der Waals surface area contributed by atoms with Crippen molar-refractivity contribution in [2.75, 3.05) is 13.1 Å². The maximum absolute atomic E-state index is 11.9. The van der Waals surface area contributed by atoms with Gasteiger partial charge in [0, 0.05) is 24.7 Å². The molecule has 114 valence electrons. The predicted molar refractivity (Wildman–Crippen MR) is 80.7 cm³/mol. The van der Waals surface area contributed by atoms with Gasteiger partial charge in [-0.2, -0.15) is 5.10 Å². The van der Waals surface area contributed by atoms with Crippen LogP contribution in [0, 0.1) is 6.92 Å². The van der Waals surface area contributed by atoms with Gasteiger partial charge in [-0.3, -0.25) is 14.4 Å². The maximum atomic E-state index is 11.9. The molecule has 0 aliphatic heterocycles. The third-order valence-electron chi connectivity index (χ3n) is 2.89. The van der Waals surface area contributed by atoms with E-state index >= 15 is 0 Å². The lowest BCUT2D eigenvalue weighted by Crippen LogP contribution is -2.35. The van der Waals surface area contributed by atoms with E-state index in [4.69, 9.17) is 0 Å². The lowest BCUT2D eigenvalue weighted by atomic mass is 10.1. The first-order valence-electron chi connectivity index (χ1n) is 6.75. The minimum absolute atomic E-state index is 0.115. The van der Waals surface area contributed by atoms with Gasteiger partial charge in [0.1, 0.15) is 5.69 Å². The van der Waals surface area contributed by atoms with Crippen LogP contribution in [0.1, 0.15) is 26.4 Å². The van der Waals surface area contributed by atoms with E-state index in [1.165, 1.54) is 12.1 Å². The largest absolute Gasteiger partial charge is 0.350 e. The van der Waals surface area contributed by atoms with Crippen LogP contribution in [0.25, 0.3) is 0 Å². The Kier molecular flexibility index (Phi) is 5.02. The van der Waals surface area contributed by atoms with E-state index in [2.05, 4.69) is 20.8 Å². The molecule has 2 aromatic rings. The number of carbonyl (C=O) groups is 2. The fourth-order valence-electron chi connectivity index (χ4n) is 1.80. The van der Waals surface area contributed by atoms with Gasteiger partial charge in [-0.25, -0.2) is 5.10 Å². The average Bonchev–Trinajstić information content (AvgIpc) is 2.51. The maximum Gasteiger partial charge on any atom is 0.271 e. The Morgan fingerprint density at radius 3 is 2.45 bits per heavy atom. The number of benzene rings is 1. The molecule has 7 nitrogen and oxygen atoms in total. The van der Waals surface area contributed by atoms with Crippen LogP contribution in [0.4, 0.5) is 0 Å². The van der Waals surface area contributed by atoms with Crippen LogP contribution in [0.2, 0.25) is 0 Å². The predicted octanol–water partition coefficient (Wildman–Crippen LogP) is 0.238. The quantitative estimate of drug-likeness (QED) is 0.688. The van der Waals surface area contributed by atoms with E-state index in [1.807, 2.05) is 19.1 Å². The van der Waals surface area contributed by atoms with Crippen LogP contribution < -0.4 is 16.2 Å². The molecule has 0 atom stereocenters. The Morgan fingerprint density at radius 2 is 1.82 bits per heavy atom. The van der Waals surface area contributed by atoms with Crippen LogP contribution in [0.15, 0.2) is 41.2 Å². The monoisotopic (exact) mass is 300 g/mol. The molecule has 0 fully saturated rings. The summed E-state index contributed by atoms with van der Waals surface area (Å²) in [6.07, 6.45) is 0. The number of hydrogen-bond acceptors (Lipinski definition) is 4. The highest BCUT2D eigenvalue weighted by molar-refractivity contribution is 5.94. The van der Waals surface area contributed by atoms with Gasteiger partial charge in [0.15, 0.2) is 0 Å². The normalized spacial score (nSPS) is 10.0. The first-order chi connectivity index (χ1) is 10.6. The molecule has 7 heteroatoms. The SMILES string of the molecule is Cc1cccc(C(=O)NCCNC(=O)c2ccc(=O)[nH]n2)c1. The van der Waals surface area contributed by atoms with E-state index in [-0.39, 0.29) is 23.7 Å². The smallest absolute Gasteiger partial charge is 0.271 e. The van der Waals surface area contributed by atoms with Crippen LogP contribution >= 0.6 is 0 Å². The molecule has 0 unspecified atom stereocenters. The molecule has 0 spiro atoms. The molecule has 3 N–H and O–H groups in total. The van der Waals surface area contributed by atoms with Crippen molar-refractivity contribution in [2.45, 2.75) is 6.92 Å². The lowest BCUT2D eigenvalue weighted by molar-refractivity contribution is 0.0924. The van der Waals surface area contributed by atoms with Crippen molar-refractivity contribution in [2.24, 2.45) is 0 Å². The van der Waals surface area contributed by atoms with Gasteiger partial charge in [-0.05, 0) is 25.1 Å². The van der Waals surface area contributed by atoms with Crippen molar-refractivity contribution >= 4 is 11.8 Å². The van der Waals surface area contributed by atoms with Gasteiger partial charge in [-0.1, -0.05) is 17.7 Å². The summed E-state index contributed by atoms with van der Waals surface area (Å²) in [5.41, 5.74) is 1.32. The zero-order valence-corrected chi connectivity index (χ0v) is 12.1. The zero-order valence-electron chi connectivity index (χ0n) is 12.1. The molecule has 0 radical (unpaired) electrons. The van der Waals surface area contributed by atoms with Gasteiger partial charge in [0.05, 0.1) is 0 Å². The van der Waals surface area contributed by atoms with Gasteiger partial charge in [-0.15, -0.1) is 0 Å². The topological polar surface area (TPSA) is 104 Å². The number of amides is 2. The number of rotatable bonds is 5. The number of nitrogens with one attached hydrogen (secondary N) is 3. The van der Waals surface area contributed by atoms with Gasteiger partial charge >= 0.3 is 0 Å². The van der Waals surface area contributed by atoms with Crippen molar-refractivity contribution < 1.29 is 9.59 Å². The molecule has 0 saturated carbocycles. The summed E-state index contributed by atoms with van der Waals surface area (Å²) in [6, 6.07) is 9.80. The van der Waals surface area contributed by atoms with Crippen molar-refractivity contribution in [3.8, 4) is 0 Å². The van der Waals surface area contributed by atoms with Crippen molar-refractivity contribution in [3.63, 3.8) is 0 Å². The molecule has 1 heterocycles. The van der Waals surface area contributed by atoms with Crippen molar-refractivity contribution in [1.29, 1.82) is 0 Å². The summed E-state index contributed by atoms with van der Waals surface area (Å²) in [5, 5.41) is 11.1. The van der Waals surface area contributed by atoms with Gasteiger partial charge in [0.2, 0.25) is 0 Å². The Bertz CT molecular complexity index is 719. The number of carbonyl (C=O) groups excluding carboxylic acids is 2. The number of nitrogens with zero attached hydrogens (tertiary/aromatic N) is 1. The fourth-order valence-corrected chi connectivity index (χ4v) is 1.80. The second kappa shape index (κ2) is 7.16. The summed E-state index contributed by atoms with van der Waals surface area (Å²) in [7, 11) is 0. The molecule has 1 aromatic carbocycles. The Balaban J connectivity index is 1.77. The highest BCUT2D eigenvalue weighted by Crippen LogP contribution is 2.03. The molecular formula is C15H16N4O3. The number of aryl methyl sites for hydroxylation is 1. The zero-order chi connectivity index (χ0) is 15.9. The summed E-state index contributed by atoms with van der Waals surface area (Å²) in [5.74, 6) is -0.610. The van der Waals surface area contributed by atoms with Gasteiger partial charge < -0.3 is 10.6 Å². The van der Waals surface area contributed by atoms with Crippen LogP contribution in [0.5, 0.6) is 0 Å². The standard InChI is InChI=1S/C15H16N4O3/c1-10-3-2-4-11(9-10)14(21)16-7-8-17-15(22)12-5-6-13(20)19-18-12/h2-6,9H,7-8H2,1H3,(H,16,21)(H,17,22)(H,19,20). The van der Waals surface area contributed by atoms with E-state index in [9.17, 15) is 14.4 Å². The van der Waals surface area contributed by atoms with Crippen LogP contribution in [0.3, 0.4) is 0 Å². The highest BCUT2D eigenvalue weighted by Gasteiger charge is 2.07. The molecule has 2 rings (SSSR count). The molecule has 0 saturated heterocycles. The van der Waals surface area contributed by atoms with E-state index in [1.54, 1.807) is 12.1 Å². The van der Waals surface area contributed by atoms with Crippen LogP contribution in [-0.2, 0) is 0 Å². The second-order valence-electron chi connectivity index (χ2n) is 4.69. The molecule has 1 aromatic heterocycles. The molecule has 2 amide bonds. The highest BCUT2D eigenvalue weighted by atomic mass is 16.2. The minimum Gasteiger partial charge on any atom is -0.350 e. The molecule has 0 bridgehead atoms. The molecule has 0 aliphatic carbocycles. The van der Waals surface area contributed by atoms with Crippen molar-refractivity contribution in [1.82, 2.24) is 20.8 Å². The summed E-state index contributed by atoms with van der Waals surface area (Å²) in [6.45, 7) is 2.47. The lowest BCUT2D eigenvalue weighted by Gasteiger charge is -2.07. The number of H-pyrrole nitrogens is 1. The minimum atomic E-state index is -0.416. The van der Waals surface area contributed by atoms with E-state index < -0.39 is 5.91 Å². The summed E-state index contributed by atoms with van der Waals surface area (Å²) in [4.78, 5) is 34.4. The fraction of sp³-hybridized carbons (Fsp3) is 0.200. The molecule has 0 aliphatic rings. The number of aromatic amines is 1. The van der Waals surface area contributed by atoms with Crippen LogP contribution in [-0.4, -0.2) is 35.1 Å². The van der Waals surface area contributed by atoms with Crippen molar-refractivity contribution in [3.05, 3.63) is 63.6 Å². The summed E-state index contributed by atoms with van der Waals surface area (Å²) >= 11 is 0. The Morgan fingerprint density at radius 1 is 1.09 bits per heavy atom. The average molecular weight is 300 g/mol. The number of aromatic nitrogens is 2. The number of hydrogen-bond donors (Lipinski definition) is 3. The molecule has 22 heavy (non-hydrogen) atoms.